The van der Waals surface area contributed by atoms with Crippen LogP contribution in [0.1, 0.15) is 63.0 Å². The van der Waals surface area contributed by atoms with Crippen LogP contribution in [0.25, 0.3) is 0 Å². The number of halogens is 2. The SMILES string of the molecule is CC(C)(Cc1cccc(CC(=O)NCc2ccc(Cl)c(Cl)c2)c1)NC[C@H](O[Si](C)(C)C(C)(C)C)c1cc(O)cc(O)c1. The Morgan fingerprint density at radius 2 is 1.52 bits per heavy atom. The maximum Gasteiger partial charge on any atom is 0.224 e. The molecule has 0 radical (unpaired) electrons. The van der Waals surface area contributed by atoms with Gasteiger partial charge < -0.3 is 25.3 Å². The summed E-state index contributed by atoms with van der Waals surface area (Å²) in [5.41, 5.74) is 3.36. The molecular weight excluding hydrogens is 587 g/mol. The molecule has 3 aromatic carbocycles. The summed E-state index contributed by atoms with van der Waals surface area (Å²) < 4.78 is 6.77. The molecule has 4 N–H and O–H groups in total. The van der Waals surface area contributed by atoms with Gasteiger partial charge in [0.2, 0.25) is 5.91 Å². The van der Waals surface area contributed by atoms with Gasteiger partial charge in [0.05, 0.1) is 22.6 Å². The molecule has 9 heteroatoms. The fourth-order valence-electron chi connectivity index (χ4n) is 4.45. The van der Waals surface area contributed by atoms with Gasteiger partial charge in [0, 0.05) is 24.7 Å². The Labute approximate surface area is 261 Å². The second-order valence-corrected chi connectivity index (χ2v) is 18.7. The van der Waals surface area contributed by atoms with E-state index in [1.54, 1.807) is 24.3 Å². The lowest BCUT2D eigenvalue weighted by molar-refractivity contribution is -0.120. The molecule has 0 spiro atoms. The fraction of sp³-hybridized carbons (Fsp3) is 0.424. The minimum Gasteiger partial charge on any atom is -0.508 e. The highest BCUT2D eigenvalue weighted by Crippen LogP contribution is 2.40. The second-order valence-electron chi connectivity index (χ2n) is 13.1. The van der Waals surface area contributed by atoms with Crippen LogP contribution in [-0.2, 0) is 28.6 Å². The molecule has 1 atom stereocenters. The number of phenolic OH excluding ortho intramolecular Hbond substituents is 2. The van der Waals surface area contributed by atoms with Gasteiger partial charge in [-0.15, -0.1) is 0 Å². The molecule has 42 heavy (non-hydrogen) atoms. The van der Waals surface area contributed by atoms with Gasteiger partial charge in [0.25, 0.3) is 0 Å². The lowest BCUT2D eigenvalue weighted by atomic mass is 9.93. The fourth-order valence-corrected chi connectivity index (χ4v) is 6.06. The van der Waals surface area contributed by atoms with Crippen LogP contribution in [0.4, 0.5) is 0 Å². The molecule has 0 fully saturated rings. The van der Waals surface area contributed by atoms with Crippen molar-refractivity contribution < 1.29 is 19.4 Å². The minimum atomic E-state index is -2.17. The molecule has 0 saturated carbocycles. The molecule has 3 rings (SSSR count). The third-order valence-electron chi connectivity index (χ3n) is 7.78. The number of amides is 1. The van der Waals surface area contributed by atoms with Crippen LogP contribution in [-0.4, -0.2) is 36.5 Å². The Balaban J connectivity index is 1.66. The molecule has 6 nitrogen and oxygen atoms in total. The van der Waals surface area contributed by atoms with Crippen LogP contribution in [0, 0.1) is 0 Å². The number of hydrogen-bond donors (Lipinski definition) is 4. The van der Waals surface area contributed by atoms with E-state index in [1.165, 1.54) is 6.07 Å². The highest BCUT2D eigenvalue weighted by atomic mass is 35.5. The van der Waals surface area contributed by atoms with Crippen molar-refractivity contribution in [1.82, 2.24) is 10.6 Å². The Hall–Kier alpha value is -2.55. The molecular formula is C33H44Cl2N2O4Si. The topological polar surface area (TPSA) is 90.8 Å². The average molecular weight is 632 g/mol. The zero-order valence-electron chi connectivity index (χ0n) is 25.6. The van der Waals surface area contributed by atoms with Gasteiger partial charge in [-0.3, -0.25) is 4.79 Å². The van der Waals surface area contributed by atoms with Gasteiger partial charge in [-0.05, 0) is 84.9 Å². The monoisotopic (exact) mass is 630 g/mol. The number of hydrogen-bond acceptors (Lipinski definition) is 5. The Morgan fingerprint density at radius 1 is 0.881 bits per heavy atom. The van der Waals surface area contributed by atoms with Gasteiger partial charge in [-0.2, -0.15) is 0 Å². The standard InChI is InChI=1S/C33H44Cl2N2O4Si/c1-32(2,3)42(6,7)41-30(25-16-26(38)18-27(39)17-25)21-37-33(4,5)19-23-10-8-9-22(13-23)15-31(40)36-20-24-11-12-28(34)29(35)14-24/h8-14,16-18,30,37-39H,15,19-21H2,1-7H3,(H,36,40)/t30-/m0/s1. The predicted octanol–water partition coefficient (Wildman–Crippen LogP) is 7.94. The minimum absolute atomic E-state index is 0.00547. The summed E-state index contributed by atoms with van der Waals surface area (Å²) >= 11 is 12.1. The number of carbonyl (C=O) groups excluding carboxylic acids is 1. The number of carbonyl (C=O) groups is 1. The van der Waals surface area contributed by atoms with Crippen LogP contribution >= 0.6 is 23.2 Å². The summed E-state index contributed by atoms with van der Waals surface area (Å²) in [5, 5.41) is 27.9. The van der Waals surface area contributed by atoms with E-state index >= 15 is 0 Å². The predicted molar refractivity (Wildman–Crippen MR) is 175 cm³/mol. The number of aromatic hydroxyl groups is 2. The number of nitrogens with one attached hydrogen (secondary N) is 2. The third kappa shape index (κ3) is 10.0. The van der Waals surface area contributed by atoms with Crippen molar-refractivity contribution in [3.8, 4) is 11.5 Å². The van der Waals surface area contributed by atoms with Crippen LogP contribution in [0.15, 0.2) is 60.7 Å². The van der Waals surface area contributed by atoms with E-state index in [-0.39, 0.29) is 40.5 Å². The van der Waals surface area contributed by atoms with Gasteiger partial charge in [0.15, 0.2) is 8.32 Å². The summed E-state index contributed by atoms with van der Waals surface area (Å²) in [6.07, 6.45) is 0.643. The summed E-state index contributed by atoms with van der Waals surface area (Å²) in [7, 11) is -2.17. The van der Waals surface area contributed by atoms with Gasteiger partial charge in [-0.25, -0.2) is 0 Å². The lowest BCUT2D eigenvalue weighted by Gasteiger charge is -2.40. The van der Waals surface area contributed by atoms with Crippen LogP contribution in [0.2, 0.25) is 28.2 Å². The highest BCUT2D eigenvalue weighted by molar-refractivity contribution is 6.74. The number of benzene rings is 3. The molecule has 3 aromatic rings. The van der Waals surface area contributed by atoms with Crippen LogP contribution in [0.5, 0.6) is 11.5 Å². The largest absolute Gasteiger partial charge is 0.508 e. The van der Waals surface area contributed by atoms with Gasteiger partial charge in [-0.1, -0.05) is 74.3 Å². The summed E-state index contributed by atoms with van der Waals surface area (Å²) in [5.74, 6) is -0.0626. The molecule has 1 amide bonds. The first-order chi connectivity index (χ1) is 19.4. The molecule has 0 aliphatic carbocycles. The number of phenols is 2. The zero-order valence-corrected chi connectivity index (χ0v) is 28.2. The van der Waals surface area contributed by atoms with Crippen LogP contribution < -0.4 is 10.6 Å². The molecule has 0 heterocycles. The van der Waals surface area contributed by atoms with Crippen molar-refractivity contribution in [3.05, 3.63) is 93.0 Å². The van der Waals surface area contributed by atoms with Crippen molar-refractivity contribution in [2.24, 2.45) is 0 Å². The van der Waals surface area contributed by atoms with Gasteiger partial charge >= 0.3 is 0 Å². The molecule has 0 saturated heterocycles. The smallest absolute Gasteiger partial charge is 0.224 e. The maximum atomic E-state index is 12.7. The summed E-state index contributed by atoms with van der Waals surface area (Å²) in [4.78, 5) is 12.7. The van der Waals surface area contributed by atoms with Crippen molar-refractivity contribution in [2.45, 2.75) is 83.8 Å². The first kappa shape index (κ1) is 33.9. The molecule has 228 valence electrons. The second kappa shape index (κ2) is 13.8. The normalized spacial score (nSPS) is 13.2. The maximum absolute atomic E-state index is 12.7. The zero-order chi connectivity index (χ0) is 31.3. The van der Waals surface area contributed by atoms with E-state index in [0.29, 0.717) is 23.1 Å². The molecule has 0 aromatic heterocycles. The van der Waals surface area contributed by atoms with E-state index in [9.17, 15) is 15.0 Å². The molecule has 0 unspecified atom stereocenters. The van der Waals surface area contributed by atoms with E-state index < -0.39 is 8.32 Å². The number of rotatable bonds is 12. The van der Waals surface area contributed by atoms with E-state index in [1.807, 2.05) is 18.2 Å². The van der Waals surface area contributed by atoms with E-state index in [2.05, 4.69) is 70.5 Å². The molecule has 0 bridgehead atoms. The molecule has 0 aliphatic heterocycles. The third-order valence-corrected chi connectivity index (χ3v) is 13.0. The van der Waals surface area contributed by atoms with Crippen molar-refractivity contribution in [2.75, 3.05) is 6.54 Å². The highest BCUT2D eigenvalue weighted by Gasteiger charge is 2.40. The van der Waals surface area contributed by atoms with E-state index in [4.69, 9.17) is 27.6 Å². The first-order valence-corrected chi connectivity index (χ1v) is 17.8. The lowest BCUT2D eigenvalue weighted by Crippen LogP contribution is -2.47. The van der Waals surface area contributed by atoms with Crippen molar-refractivity contribution >= 4 is 37.4 Å². The summed E-state index contributed by atoms with van der Waals surface area (Å²) in [6.45, 7) is 16.1. The first-order valence-electron chi connectivity index (χ1n) is 14.2. The average Bonchev–Trinajstić information content (AvgIpc) is 2.86. The summed E-state index contributed by atoms with van der Waals surface area (Å²) in [6, 6.07) is 18.0. The van der Waals surface area contributed by atoms with Crippen LogP contribution in [0.3, 0.4) is 0 Å². The Kier molecular flexibility index (Phi) is 11.2. The van der Waals surface area contributed by atoms with Crippen molar-refractivity contribution in [1.29, 1.82) is 0 Å². The van der Waals surface area contributed by atoms with E-state index in [0.717, 1.165) is 28.7 Å². The Bertz CT molecular complexity index is 1370. The quantitative estimate of drug-likeness (QED) is 0.153. The Morgan fingerprint density at radius 3 is 2.14 bits per heavy atom. The van der Waals surface area contributed by atoms with Gasteiger partial charge in [0.1, 0.15) is 11.5 Å². The van der Waals surface area contributed by atoms with Crippen molar-refractivity contribution in [3.63, 3.8) is 0 Å². The molecule has 0 aliphatic rings.